The van der Waals surface area contributed by atoms with Crippen molar-refractivity contribution in [3.05, 3.63) is 42.5 Å². The van der Waals surface area contributed by atoms with Gasteiger partial charge in [-0.15, -0.1) is 0 Å². The lowest BCUT2D eigenvalue weighted by atomic mass is 10.2. The molecule has 7 heteroatoms. The molecule has 1 unspecified atom stereocenters. The van der Waals surface area contributed by atoms with Crippen LogP contribution in [0.4, 0.5) is 16.2 Å². The number of carbonyl (C=O) groups excluding carboxylic acids is 1. The molecule has 0 fully saturated rings. The molecule has 2 amide bonds. The van der Waals surface area contributed by atoms with Crippen molar-refractivity contribution in [2.45, 2.75) is 4.90 Å². The zero-order valence-electron chi connectivity index (χ0n) is 12.0. The van der Waals surface area contributed by atoms with Crippen molar-refractivity contribution in [2.24, 2.45) is 0 Å². The van der Waals surface area contributed by atoms with E-state index in [2.05, 4.69) is 5.32 Å². The molecule has 1 aliphatic heterocycles. The minimum atomic E-state index is -1.63. The van der Waals surface area contributed by atoms with Crippen molar-refractivity contribution >= 4 is 28.4 Å². The SMILES string of the molecule is COc1ccc(N2C(=O)Nc3ccccc3S2=O)cc1OC. The van der Waals surface area contributed by atoms with Gasteiger partial charge in [0.05, 0.1) is 30.5 Å². The Balaban J connectivity index is 2.05. The fraction of sp³-hybridized carbons (Fsp3) is 0.133. The van der Waals surface area contributed by atoms with Crippen LogP contribution in [0.3, 0.4) is 0 Å². The van der Waals surface area contributed by atoms with E-state index < -0.39 is 17.0 Å². The molecule has 1 atom stereocenters. The Bertz CT molecular complexity index is 763. The maximum absolute atomic E-state index is 12.7. The fourth-order valence-corrected chi connectivity index (χ4v) is 3.43. The number of benzene rings is 2. The standard InChI is InChI=1S/C15H14N2O4S/c1-20-12-8-7-10(9-13(12)21-2)17-15(18)16-11-5-3-4-6-14(11)22(17)19/h3-9H,1-2H3,(H,16,18). The van der Waals surface area contributed by atoms with E-state index in [0.29, 0.717) is 27.8 Å². The molecule has 0 aromatic heterocycles. The van der Waals surface area contributed by atoms with Crippen molar-refractivity contribution in [1.82, 2.24) is 0 Å². The third kappa shape index (κ3) is 2.29. The summed E-state index contributed by atoms with van der Waals surface area (Å²) in [6.45, 7) is 0. The van der Waals surface area contributed by atoms with Gasteiger partial charge in [-0.1, -0.05) is 12.1 Å². The number of rotatable bonds is 3. The second-order valence-corrected chi connectivity index (χ2v) is 5.81. The number of anilines is 2. The number of hydrogen-bond donors (Lipinski definition) is 1. The summed E-state index contributed by atoms with van der Waals surface area (Å²) in [6.07, 6.45) is 0. The van der Waals surface area contributed by atoms with Gasteiger partial charge in [0.2, 0.25) is 0 Å². The van der Waals surface area contributed by atoms with Gasteiger partial charge in [-0.2, -0.15) is 0 Å². The van der Waals surface area contributed by atoms with Crippen LogP contribution >= 0.6 is 0 Å². The molecule has 0 saturated heterocycles. The minimum Gasteiger partial charge on any atom is -0.493 e. The molecule has 2 aromatic rings. The summed E-state index contributed by atoms with van der Waals surface area (Å²) in [4.78, 5) is 12.8. The second kappa shape index (κ2) is 5.69. The molecule has 0 aliphatic carbocycles. The lowest BCUT2D eigenvalue weighted by Crippen LogP contribution is -2.40. The lowest BCUT2D eigenvalue weighted by molar-refractivity contribution is 0.259. The van der Waals surface area contributed by atoms with Gasteiger partial charge in [-0.05, 0) is 24.3 Å². The molecular weight excluding hydrogens is 304 g/mol. The molecule has 22 heavy (non-hydrogen) atoms. The molecule has 0 saturated carbocycles. The first kappa shape index (κ1) is 14.4. The van der Waals surface area contributed by atoms with Crippen LogP contribution in [0.1, 0.15) is 0 Å². The summed E-state index contributed by atoms with van der Waals surface area (Å²) in [5.41, 5.74) is 1.02. The van der Waals surface area contributed by atoms with E-state index in [1.807, 2.05) is 0 Å². The van der Waals surface area contributed by atoms with Crippen molar-refractivity contribution in [2.75, 3.05) is 23.8 Å². The molecule has 0 radical (unpaired) electrons. The van der Waals surface area contributed by atoms with E-state index in [-0.39, 0.29) is 0 Å². The predicted molar refractivity (Wildman–Crippen MR) is 83.9 cm³/mol. The van der Waals surface area contributed by atoms with E-state index in [9.17, 15) is 9.00 Å². The van der Waals surface area contributed by atoms with Gasteiger partial charge in [-0.25, -0.2) is 13.3 Å². The van der Waals surface area contributed by atoms with Gasteiger partial charge < -0.3 is 14.8 Å². The van der Waals surface area contributed by atoms with E-state index in [1.165, 1.54) is 18.5 Å². The minimum absolute atomic E-state index is 0.454. The zero-order valence-corrected chi connectivity index (χ0v) is 12.8. The number of fused-ring (bicyclic) bond motifs is 1. The van der Waals surface area contributed by atoms with Crippen molar-refractivity contribution < 1.29 is 18.5 Å². The van der Waals surface area contributed by atoms with Gasteiger partial charge in [0.1, 0.15) is 0 Å². The quantitative estimate of drug-likeness (QED) is 0.945. The lowest BCUT2D eigenvalue weighted by Gasteiger charge is -2.28. The number of nitrogens with one attached hydrogen (secondary N) is 1. The number of hydrogen-bond acceptors (Lipinski definition) is 4. The van der Waals surface area contributed by atoms with Crippen LogP contribution in [0.15, 0.2) is 47.4 Å². The van der Waals surface area contributed by atoms with Crippen LogP contribution in [-0.4, -0.2) is 24.5 Å². The average molecular weight is 318 g/mol. The number of methoxy groups -OCH3 is 2. The molecular formula is C15H14N2O4S. The summed E-state index contributed by atoms with van der Waals surface area (Å²) in [7, 11) is 1.40. The fourth-order valence-electron chi connectivity index (χ4n) is 2.23. The largest absolute Gasteiger partial charge is 0.493 e. The Labute approximate surface area is 130 Å². The number of para-hydroxylation sites is 1. The van der Waals surface area contributed by atoms with Crippen LogP contribution in [-0.2, 0) is 11.0 Å². The van der Waals surface area contributed by atoms with Crippen LogP contribution in [0.5, 0.6) is 11.5 Å². The van der Waals surface area contributed by atoms with Gasteiger partial charge in [-0.3, -0.25) is 0 Å². The highest BCUT2D eigenvalue weighted by molar-refractivity contribution is 7.87. The van der Waals surface area contributed by atoms with Crippen LogP contribution in [0, 0.1) is 0 Å². The Morgan fingerprint density at radius 1 is 1.05 bits per heavy atom. The number of amides is 2. The molecule has 1 N–H and O–H groups in total. The molecule has 0 bridgehead atoms. The summed E-state index contributed by atoms with van der Waals surface area (Å²) in [6, 6.07) is 11.5. The van der Waals surface area contributed by atoms with E-state index in [1.54, 1.807) is 42.5 Å². The predicted octanol–water partition coefficient (Wildman–Crippen LogP) is 2.78. The first-order valence-corrected chi connectivity index (χ1v) is 7.60. The summed E-state index contributed by atoms with van der Waals surface area (Å²) >= 11 is 0. The van der Waals surface area contributed by atoms with Crippen molar-refractivity contribution in [3.8, 4) is 11.5 Å². The normalized spacial score (nSPS) is 16.7. The summed E-state index contributed by atoms with van der Waals surface area (Å²) < 4.78 is 24.3. The highest BCUT2D eigenvalue weighted by Gasteiger charge is 2.31. The summed E-state index contributed by atoms with van der Waals surface area (Å²) in [5.74, 6) is 0.999. The maximum atomic E-state index is 12.7. The number of nitrogens with zero attached hydrogens (tertiary/aromatic N) is 1. The first-order valence-electron chi connectivity index (χ1n) is 6.49. The highest BCUT2D eigenvalue weighted by atomic mass is 32.2. The van der Waals surface area contributed by atoms with E-state index in [4.69, 9.17) is 9.47 Å². The van der Waals surface area contributed by atoms with Crippen LogP contribution in [0.2, 0.25) is 0 Å². The Morgan fingerprint density at radius 3 is 2.50 bits per heavy atom. The van der Waals surface area contributed by atoms with Gasteiger partial charge in [0.25, 0.3) is 0 Å². The zero-order chi connectivity index (χ0) is 15.7. The van der Waals surface area contributed by atoms with Gasteiger partial charge >= 0.3 is 6.03 Å². The molecule has 2 aromatic carbocycles. The molecule has 114 valence electrons. The smallest absolute Gasteiger partial charge is 0.338 e. The van der Waals surface area contributed by atoms with E-state index in [0.717, 1.165) is 0 Å². The number of ether oxygens (including phenoxy) is 2. The van der Waals surface area contributed by atoms with Crippen molar-refractivity contribution in [1.29, 1.82) is 0 Å². The van der Waals surface area contributed by atoms with Crippen LogP contribution < -0.4 is 19.1 Å². The molecule has 1 aliphatic rings. The Hall–Kier alpha value is -2.54. The van der Waals surface area contributed by atoms with Crippen molar-refractivity contribution in [3.63, 3.8) is 0 Å². The van der Waals surface area contributed by atoms with E-state index >= 15 is 0 Å². The maximum Gasteiger partial charge on any atom is 0.338 e. The number of carbonyl (C=O) groups is 1. The van der Waals surface area contributed by atoms with Crippen LogP contribution in [0.25, 0.3) is 0 Å². The monoisotopic (exact) mass is 318 g/mol. The topological polar surface area (TPSA) is 67.9 Å². The molecule has 6 nitrogen and oxygen atoms in total. The highest BCUT2D eigenvalue weighted by Crippen LogP contribution is 2.35. The third-order valence-electron chi connectivity index (χ3n) is 3.27. The average Bonchev–Trinajstić information content (AvgIpc) is 2.54. The first-order chi connectivity index (χ1) is 10.7. The number of urea groups is 1. The second-order valence-electron chi connectivity index (χ2n) is 4.51. The Kier molecular flexibility index (Phi) is 3.72. The Morgan fingerprint density at radius 2 is 1.77 bits per heavy atom. The molecule has 0 spiro atoms. The third-order valence-corrected chi connectivity index (χ3v) is 4.71. The van der Waals surface area contributed by atoms with Gasteiger partial charge in [0.15, 0.2) is 22.5 Å². The summed E-state index contributed by atoms with van der Waals surface area (Å²) in [5, 5.41) is 2.73. The molecule has 3 rings (SSSR count). The molecule has 1 heterocycles. The van der Waals surface area contributed by atoms with Gasteiger partial charge in [0, 0.05) is 6.07 Å².